The largest absolute Gasteiger partial charge is 0.466 e. The molecule has 4 heteroatoms. The Labute approximate surface area is 107 Å². The Hall–Kier alpha value is -0.770. The van der Waals surface area contributed by atoms with Crippen molar-refractivity contribution in [3.8, 4) is 5.75 Å². The third-order valence-corrected chi connectivity index (χ3v) is 3.13. The first-order valence-corrected chi connectivity index (χ1v) is 6.30. The van der Waals surface area contributed by atoms with Crippen LogP contribution in [0.4, 0.5) is 0 Å². The standard InChI is InChI=1S/C13H18ClNO2/c1-9(15)11-4-5-13(12(14)6-11)17-8-16-7-10-2-3-10/h4-6,9-10H,2-3,7-8,15H2,1H3/t9-/m0/s1. The number of halogens is 1. The van der Waals surface area contributed by atoms with Gasteiger partial charge in [0.1, 0.15) is 5.75 Å². The highest BCUT2D eigenvalue weighted by atomic mass is 35.5. The molecule has 0 aliphatic heterocycles. The molecule has 94 valence electrons. The summed E-state index contributed by atoms with van der Waals surface area (Å²) in [6, 6.07) is 5.57. The van der Waals surface area contributed by atoms with Gasteiger partial charge in [-0.15, -0.1) is 0 Å². The molecule has 1 aliphatic carbocycles. The minimum Gasteiger partial charge on any atom is -0.466 e. The van der Waals surface area contributed by atoms with Gasteiger partial charge in [0.25, 0.3) is 0 Å². The predicted molar refractivity (Wildman–Crippen MR) is 68.2 cm³/mol. The third kappa shape index (κ3) is 3.87. The molecule has 0 heterocycles. The normalized spacial score (nSPS) is 16.9. The highest BCUT2D eigenvalue weighted by Crippen LogP contribution is 2.29. The molecule has 1 aromatic carbocycles. The summed E-state index contributed by atoms with van der Waals surface area (Å²) in [4.78, 5) is 0. The Bertz CT molecular complexity index is 378. The molecule has 3 nitrogen and oxygen atoms in total. The van der Waals surface area contributed by atoms with Crippen LogP contribution in [0.15, 0.2) is 18.2 Å². The maximum atomic E-state index is 6.09. The number of rotatable bonds is 6. The van der Waals surface area contributed by atoms with Gasteiger partial charge in [0.05, 0.1) is 11.6 Å². The van der Waals surface area contributed by atoms with Gasteiger partial charge in [-0.05, 0) is 43.4 Å². The molecule has 0 unspecified atom stereocenters. The van der Waals surface area contributed by atoms with Gasteiger partial charge < -0.3 is 15.2 Å². The second kappa shape index (κ2) is 5.71. The van der Waals surface area contributed by atoms with E-state index in [4.69, 9.17) is 26.8 Å². The molecule has 1 atom stereocenters. The van der Waals surface area contributed by atoms with Gasteiger partial charge in [0.2, 0.25) is 0 Å². The second-order valence-corrected chi connectivity index (χ2v) is 4.96. The van der Waals surface area contributed by atoms with E-state index in [0.717, 1.165) is 18.1 Å². The van der Waals surface area contributed by atoms with Crippen LogP contribution in [0.1, 0.15) is 31.4 Å². The average Bonchev–Trinajstić information content (AvgIpc) is 3.09. The van der Waals surface area contributed by atoms with Crippen molar-refractivity contribution in [2.75, 3.05) is 13.4 Å². The first kappa shape index (κ1) is 12.7. The Morgan fingerprint density at radius 3 is 2.82 bits per heavy atom. The van der Waals surface area contributed by atoms with E-state index < -0.39 is 0 Å². The van der Waals surface area contributed by atoms with Crippen molar-refractivity contribution in [3.63, 3.8) is 0 Å². The lowest BCUT2D eigenvalue weighted by atomic mass is 10.1. The molecule has 1 saturated carbocycles. The van der Waals surface area contributed by atoms with E-state index in [0.29, 0.717) is 10.8 Å². The first-order chi connectivity index (χ1) is 8.16. The topological polar surface area (TPSA) is 44.5 Å². The summed E-state index contributed by atoms with van der Waals surface area (Å²) in [5.41, 5.74) is 6.77. The molecule has 0 radical (unpaired) electrons. The SMILES string of the molecule is C[C@H](N)c1ccc(OCOCC2CC2)c(Cl)c1. The summed E-state index contributed by atoms with van der Waals surface area (Å²) in [5, 5.41) is 0.579. The van der Waals surface area contributed by atoms with Crippen LogP contribution in [0.3, 0.4) is 0 Å². The quantitative estimate of drug-likeness (QED) is 0.627. The van der Waals surface area contributed by atoms with Crippen molar-refractivity contribution in [3.05, 3.63) is 28.8 Å². The Balaban J connectivity index is 1.82. The van der Waals surface area contributed by atoms with Gasteiger partial charge in [0.15, 0.2) is 6.79 Å². The maximum Gasteiger partial charge on any atom is 0.189 e. The lowest BCUT2D eigenvalue weighted by molar-refractivity contribution is 0.0100. The van der Waals surface area contributed by atoms with Crippen LogP contribution >= 0.6 is 11.6 Å². The monoisotopic (exact) mass is 255 g/mol. The molecule has 2 rings (SSSR count). The van der Waals surface area contributed by atoms with E-state index in [1.54, 1.807) is 0 Å². The van der Waals surface area contributed by atoms with Gasteiger partial charge in [-0.2, -0.15) is 0 Å². The zero-order valence-electron chi connectivity index (χ0n) is 9.99. The molecule has 1 aliphatic rings. The highest BCUT2D eigenvalue weighted by Gasteiger charge is 2.21. The maximum absolute atomic E-state index is 6.09. The van der Waals surface area contributed by atoms with E-state index in [-0.39, 0.29) is 12.8 Å². The lowest BCUT2D eigenvalue weighted by Gasteiger charge is -2.11. The van der Waals surface area contributed by atoms with E-state index in [2.05, 4.69) is 0 Å². The van der Waals surface area contributed by atoms with E-state index in [9.17, 15) is 0 Å². The number of hydrogen-bond donors (Lipinski definition) is 1. The minimum atomic E-state index is -0.0207. The van der Waals surface area contributed by atoms with Crippen LogP contribution in [0, 0.1) is 5.92 Å². The van der Waals surface area contributed by atoms with Crippen LogP contribution in [-0.2, 0) is 4.74 Å². The third-order valence-electron chi connectivity index (χ3n) is 2.83. The fraction of sp³-hybridized carbons (Fsp3) is 0.538. The zero-order chi connectivity index (χ0) is 12.3. The molecule has 2 N–H and O–H groups in total. The Kier molecular flexibility index (Phi) is 4.26. The van der Waals surface area contributed by atoms with Crippen molar-refractivity contribution >= 4 is 11.6 Å². The van der Waals surface area contributed by atoms with Gasteiger partial charge in [-0.25, -0.2) is 0 Å². The van der Waals surface area contributed by atoms with Crippen molar-refractivity contribution in [1.82, 2.24) is 0 Å². The summed E-state index contributed by atoms with van der Waals surface area (Å²) in [7, 11) is 0. The van der Waals surface area contributed by atoms with Gasteiger partial charge >= 0.3 is 0 Å². The van der Waals surface area contributed by atoms with E-state index in [1.165, 1.54) is 12.8 Å². The van der Waals surface area contributed by atoms with Crippen LogP contribution in [-0.4, -0.2) is 13.4 Å². The van der Waals surface area contributed by atoms with Crippen molar-refractivity contribution in [1.29, 1.82) is 0 Å². The van der Waals surface area contributed by atoms with Crippen LogP contribution in [0.25, 0.3) is 0 Å². The minimum absolute atomic E-state index is 0.0207. The van der Waals surface area contributed by atoms with E-state index in [1.807, 2.05) is 25.1 Å². The predicted octanol–water partition coefficient (Wildman–Crippen LogP) is 3.12. The molecule has 0 aromatic heterocycles. The van der Waals surface area contributed by atoms with Crippen molar-refractivity contribution < 1.29 is 9.47 Å². The van der Waals surface area contributed by atoms with Gasteiger partial charge in [-0.1, -0.05) is 17.7 Å². The average molecular weight is 256 g/mol. The Morgan fingerprint density at radius 2 is 2.24 bits per heavy atom. The molecular weight excluding hydrogens is 238 g/mol. The fourth-order valence-corrected chi connectivity index (χ4v) is 1.77. The summed E-state index contributed by atoms with van der Waals surface area (Å²) in [6.45, 7) is 2.97. The van der Waals surface area contributed by atoms with Gasteiger partial charge in [-0.3, -0.25) is 0 Å². The number of hydrogen-bond acceptors (Lipinski definition) is 3. The summed E-state index contributed by atoms with van der Waals surface area (Å²) in [5.74, 6) is 1.39. The first-order valence-electron chi connectivity index (χ1n) is 5.92. The van der Waals surface area contributed by atoms with Crippen molar-refractivity contribution in [2.24, 2.45) is 11.7 Å². The van der Waals surface area contributed by atoms with Crippen LogP contribution < -0.4 is 10.5 Å². The lowest BCUT2D eigenvalue weighted by Crippen LogP contribution is -2.07. The second-order valence-electron chi connectivity index (χ2n) is 4.55. The summed E-state index contributed by atoms with van der Waals surface area (Å²) >= 11 is 6.09. The molecule has 1 aromatic rings. The highest BCUT2D eigenvalue weighted by molar-refractivity contribution is 6.32. The number of ether oxygens (including phenoxy) is 2. The van der Waals surface area contributed by atoms with Crippen molar-refractivity contribution in [2.45, 2.75) is 25.8 Å². The molecular formula is C13H18ClNO2. The molecule has 0 amide bonds. The molecule has 1 fully saturated rings. The van der Waals surface area contributed by atoms with E-state index >= 15 is 0 Å². The molecule has 0 spiro atoms. The smallest absolute Gasteiger partial charge is 0.189 e. The Morgan fingerprint density at radius 1 is 1.47 bits per heavy atom. The summed E-state index contributed by atoms with van der Waals surface area (Å²) < 4.78 is 10.8. The molecule has 0 bridgehead atoms. The van der Waals surface area contributed by atoms with Gasteiger partial charge in [0, 0.05) is 6.04 Å². The van der Waals surface area contributed by atoms with Crippen LogP contribution in [0.2, 0.25) is 5.02 Å². The summed E-state index contributed by atoms with van der Waals surface area (Å²) in [6.07, 6.45) is 2.56. The number of benzene rings is 1. The van der Waals surface area contributed by atoms with Crippen LogP contribution in [0.5, 0.6) is 5.75 Å². The molecule has 17 heavy (non-hydrogen) atoms. The molecule has 0 saturated heterocycles. The zero-order valence-corrected chi connectivity index (χ0v) is 10.7. The number of nitrogens with two attached hydrogens (primary N) is 1. The fourth-order valence-electron chi connectivity index (χ4n) is 1.52.